The fraction of sp³-hybridized carbons (Fsp3) is 0.250. The van der Waals surface area contributed by atoms with Crippen molar-refractivity contribution >= 4 is 11.3 Å². The number of aromatic nitrogens is 7. The number of allylic oxidation sites excluding steroid dienone is 1. The van der Waals surface area contributed by atoms with Gasteiger partial charge in [-0.05, 0) is 42.3 Å². The highest BCUT2D eigenvalue weighted by atomic mass is 15.5. The Balaban J connectivity index is 1.53. The molecule has 2 aromatic heterocycles. The molecule has 0 unspecified atom stereocenters. The predicted molar refractivity (Wildman–Crippen MR) is 89.8 cm³/mol. The van der Waals surface area contributed by atoms with E-state index in [0.29, 0.717) is 5.57 Å². The van der Waals surface area contributed by atoms with Crippen LogP contribution in [0.3, 0.4) is 0 Å². The third-order valence-electron chi connectivity index (χ3n) is 4.09. The van der Waals surface area contributed by atoms with E-state index in [9.17, 15) is 0 Å². The summed E-state index contributed by atoms with van der Waals surface area (Å²) in [4.78, 5) is 0. The maximum atomic E-state index is 9.16. The minimum Gasteiger partial charge on any atom is -0.360 e. The lowest BCUT2D eigenvalue weighted by molar-refractivity contribution is 0.526. The molecule has 124 valence electrons. The summed E-state index contributed by atoms with van der Waals surface area (Å²) in [6, 6.07) is 9.88. The zero-order chi connectivity index (χ0) is 17.1. The summed E-state index contributed by atoms with van der Waals surface area (Å²) in [7, 11) is 0. The number of hydrogen-bond acceptors (Lipinski definition) is 7. The normalized spacial score (nSPS) is 14.0. The molecule has 0 bridgehead atoms. The highest BCUT2D eigenvalue weighted by Crippen LogP contribution is 2.24. The number of aryl methyl sites for hydroxylation is 1. The van der Waals surface area contributed by atoms with E-state index in [1.165, 1.54) is 6.42 Å². The van der Waals surface area contributed by atoms with Gasteiger partial charge in [0.05, 0.1) is 0 Å². The van der Waals surface area contributed by atoms with E-state index in [1.54, 1.807) is 6.20 Å². The van der Waals surface area contributed by atoms with Crippen LogP contribution in [-0.2, 0) is 13.0 Å². The van der Waals surface area contributed by atoms with Gasteiger partial charge in [-0.1, -0.05) is 0 Å². The van der Waals surface area contributed by atoms with Crippen molar-refractivity contribution in [3.63, 3.8) is 0 Å². The number of H-pyrrole nitrogens is 1. The maximum Gasteiger partial charge on any atom is 0.216 e. The number of anilines is 1. The number of nitrogens with zero attached hydrogens (tertiary/aromatic N) is 7. The van der Waals surface area contributed by atoms with Gasteiger partial charge in [-0.2, -0.15) is 10.5 Å². The second-order valence-corrected chi connectivity index (χ2v) is 5.68. The number of tetrazole rings is 1. The summed E-state index contributed by atoms with van der Waals surface area (Å²) in [6.07, 6.45) is 4.88. The molecule has 1 aliphatic rings. The first-order valence-electron chi connectivity index (χ1n) is 7.98. The lowest BCUT2D eigenvalue weighted by Gasteiger charge is -2.14. The second-order valence-electron chi connectivity index (χ2n) is 5.68. The fourth-order valence-electron chi connectivity index (χ4n) is 2.82. The van der Waals surface area contributed by atoms with E-state index < -0.39 is 0 Å². The number of hydrogen-bond donors (Lipinski definition) is 2. The lowest BCUT2D eigenvalue weighted by Crippen LogP contribution is -2.11. The van der Waals surface area contributed by atoms with Crippen molar-refractivity contribution in [1.82, 2.24) is 35.4 Å². The number of fused-ring (bicyclic) bond motifs is 1. The van der Waals surface area contributed by atoms with Crippen LogP contribution in [0.4, 0.5) is 5.69 Å². The van der Waals surface area contributed by atoms with Gasteiger partial charge in [0.2, 0.25) is 5.82 Å². The lowest BCUT2D eigenvalue weighted by atomic mass is 10.1. The number of aromatic amines is 1. The zero-order valence-corrected chi connectivity index (χ0v) is 13.3. The molecule has 0 amide bonds. The molecule has 0 fully saturated rings. The Morgan fingerprint density at radius 2 is 2.08 bits per heavy atom. The van der Waals surface area contributed by atoms with E-state index in [-0.39, 0.29) is 5.82 Å². The van der Waals surface area contributed by atoms with Gasteiger partial charge >= 0.3 is 0 Å². The molecular weight excluding hydrogens is 318 g/mol. The Morgan fingerprint density at radius 3 is 2.84 bits per heavy atom. The monoisotopic (exact) mass is 333 g/mol. The maximum absolute atomic E-state index is 9.16. The molecule has 9 nitrogen and oxygen atoms in total. The van der Waals surface area contributed by atoms with E-state index in [0.717, 1.165) is 42.3 Å². The number of benzene rings is 1. The molecule has 1 aliphatic heterocycles. The van der Waals surface area contributed by atoms with Crippen molar-refractivity contribution < 1.29 is 0 Å². The van der Waals surface area contributed by atoms with Gasteiger partial charge in [0.25, 0.3) is 0 Å². The molecule has 0 saturated carbocycles. The van der Waals surface area contributed by atoms with Crippen molar-refractivity contribution in [2.24, 2.45) is 0 Å². The minimum atomic E-state index is 0.252. The smallest absolute Gasteiger partial charge is 0.216 e. The molecule has 0 aliphatic carbocycles. The molecule has 3 aromatic rings. The Labute approximate surface area is 143 Å². The van der Waals surface area contributed by atoms with Gasteiger partial charge in [-0.25, -0.2) is 0 Å². The van der Waals surface area contributed by atoms with E-state index in [2.05, 4.69) is 40.7 Å². The first kappa shape index (κ1) is 15.0. The molecule has 3 heterocycles. The number of nitriles is 1. The van der Waals surface area contributed by atoms with Crippen LogP contribution < -0.4 is 5.32 Å². The SMILES string of the molecule is N#CC(=CNc1ccc(-c2nnc3n2CCCC3)cc1)c1nn[nH]n1. The largest absolute Gasteiger partial charge is 0.360 e. The van der Waals surface area contributed by atoms with Crippen molar-refractivity contribution in [2.45, 2.75) is 25.8 Å². The van der Waals surface area contributed by atoms with Crippen molar-refractivity contribution in [1.29, 1.82) is 5.26 Å². The van der Waals surface area contributed by atoms with Gasteiger partial charge in [0, 0.05) is 30.4 Å². The fourth-order valence-corrected chi connectivity index (χ4v) is 2.82. The topological polar surface area (TPSA) is 121 Å². The average Bonchev–Trinajstić information content (AvgIpc) is 3.33. The van der Waals surface area contributed by atoms with Crippen LogP contribution >= 0.6 is 0 Å². The van der Waals surface area contributed by atoms with Crippen LogP contribution in [0.5, 0.6) is 0 Å². The van der Waals surface area contributed by atoms with Gasteiger partial charge in [-0.15, -0.1) is 20.4 Å². The molecule has 0 saturated heterocycles. The van der Waals surface area contributed by atoms with E-state index >= 15 is 0 Å². The molecule has 4 rings (SSSR count). The van der Waals surface area contributed by atoms with Gasteiger partial charge in [0.15, 0.2) is 5.82 Å². The Hall–Kier alpha value is -3.54. The third kappa shape index (κ3) is 2.97. The van der Waals surface area contributed by atoms with E-state index in [4.69, 9.17) is 5.26 Å². The first-order chi connectivity index (χ1) is 12.3. The molecule has 0 atom stereocenters. The standard InChI is InChI=1S/C16H15N9/c17-9-12(15-20-23-24-21-15)10-18-13-6-4-11(5-7-13)16-22-19-14-3-1-2-8-25(14)16/h4-7,10,18H,1-3,8H2,(H,20,21,23,24). The van der Waals surface area contributed by atoms with Crippen molar-refractivity contribution in [3.8, 4) is 17.5 Å². The van der Waals surface area contributed by atoms with Crippen LogP contribution in [0, 0.1) is 11.3 Å². The summed E-state index contributed by atoms with van der Waals surface area (Å²) in [5, 5.41) is 34.2. The summed E-state index contributed by atoms with van der Waals surface area (Å²) in [5.74, 6) is 2.22. The summed E-state index contributed by atoms with van der Waals surface area (Å²) in [6.45, 7) is 0.969. The number of nitrogens with one attached hydrogen (secondary N) is 2. The summed E-state index contributed by atoms with van der Waals surface area (Å²) in [5.41, 5.74) is 2.16. The molecule has 25 heavy (non-hydrogen) atoms. The molecule has 0 radical (unpaired) electrons. The zero-order valence-electron chi connectivity index (χ0n) is 13.3. The molecule has 9 heteroatoms. The van der Waals surface area contributed by atoms with Crippen molar-refractivity contribution in [2.75, 3.05) is 5.32 Å². The Morgan fingerprint density at radius 1 is 1.20 bits per heavy atom. The van der Waals surface area contributed by atoms with Gasteiger partial charge in [-0.3, -0.25) is 0 Å². The second kappa shape index (κ2) is 6.52. The first-order valence-corrected chi connectivity index (χ1v) is 7.98. The van der Waals surface area contributed by atoms with Crippen LogP contribution in [0.15, 0.2) is 30.5 Å². The van der Waals surface area contributed by atoms with Crippen LogP contribution in [-0.4, -0.2) is 35.4 Å². The third-order valence-corrected chi connectivity index (χ3v) is 4.09. The highest BCUT2D eigenvalue weighted by molar-refractivity contribution is 5.74. The van der Waals surface area contributed by atoms with Gasteiger partial charge < -0.3 is 9.88 Å². The summed E-state index contributed by atoms with van der Waals surface area (Å²) < 4.78 is 2.19. The highest BCUT2D eigenvalue weighted by Gasteiger charge is 2.16. The molecule has 2 N–H and O–H groups in total. The molecule has 1 aromatic carbocycles. The quantitative estimate of drug-likeness (QED) is 0.698. The number of rotatable bonds is 4. The Kier molecular flexibility index (Phi) is 3.92. The van der Waals surface area contributed by atoms with Crippen LogP contribution in [0.2, 0.25) is 0 Å². The molecular formula is C16H15N9. The minimum absolute atomic E-state index is 0.252. The predicted octanol–water partition coefficient (Wildman–Crippen LogP) is 1.77. The summed E-state index contributed by atoms with van der Waals surface area (Å²) >= 11 is 0. The van der Waals surface area contributed by atoms with Crippen LogP contribution in [0.25, 0.3) is 17.0 Å². The average molecular weight is 333 g/mol. The van der Waals surface area contributed by atoms with Gasteiger partial charge in [0.1, 0.15) is 17.5 Å². The molecule has 0 spiro atoms. The Bertz CT molecular complexity index is 929. The van der Waals surface area contributed by atoms with Crippen molar-refractivity contribution in [3.05, 3.63) is 42.1 Å². The van der Waals surface area contributed by atoms with Crippen LogP contribution in [0.1, 0.15) is 24.5 Å². The van der Waals surface area contributed by atoms with E-state index in [1.807, 2.05) is 30.3 Å².